The van der Waals surface area contributed by atoms with Crippen molar-refractivity contribution in [2.45, 2.75) is 217 Å². The molecule has 0 aromatic carbocycles. The van der Waals surface area contributed by atoms with Crippen LogP contribution >= 0.6 is 0 Å². The summed E-state index contributed by atoms with van der Waals surface area (Å²) < 4.78 is 11.1. The molecule has 4 N–H and O–H groups in total. The quantitative estimate of drug-likeness (QED) is 0.0518. The van der Waals surface area contributed by atoms with Crippen molar-refractivity contribution < 1.29 is 34.7 Å². The minimum atomic E-state index is -0.676. The Morgan fingerprint density at radius 3 is 1.61 bits per heavy atom. The summed E-state index contributed by atoms with van der Waals surface area (Å²) in [5, 5.41) is 41.9. The van der Waals surface area contributed by atoms with Crippen LogP contribution in [-0.4, -0.2) is 69.1 Å². The first kappa shape index (κ1) is 39.2. The van der Waals surface area contributed by atoms with Gasteiger partial charge in [0.2, 0.25) is 0 Å². The molecule has 0 amide bonds. The Bertz CT molecular complexity index is 756. The van der Waals surface area contributed by atoms with E-state index >= 15 is 0 Å². The average Bonchev–Trinajstić information content (AvgIpc) is 3.61. The van der Waals surface area contributed by atoms with E-state index in [0.29, 0.717) is 24.8 Å². The summed E-state index contributed by atoms with van der Waals surface area (Å²) in [4.78, 5) is 11.6. The predicted molar refractivity (Wildman–Crippen MR) is 177 cm³/mol. The highest BCUT2D eigenvalue weighted by atomic mass is 16.5. The zero-order chi connectivity index (χ0) is 32.0. The van der Waals surface area contributed by atoms with Crippen LogP contribution in [-0.2, 0) is 14.3 Å². The van der Waals surface area contributed by atoms with E-state index in [4.69, 9.17) is 9.47 Å². The number of hydrogen-bond donors (Lipinski definition) is 4. The maximum absolute atomic E-state index is 11.6. The molecule has 0 bridgehead atoms. The van der Waals surface area contributed by atoms with E-state index in [1.165, 1.54) is 70.6 Å². The second-order valence-electron chi connectivity index (χ2n) is 13.9. The second kappa shape index (κ2) is 24.2. The van der Waals surface area contributed by atoms with E-state index in [1.807, 2.05) is 6.92 Å². The van der Waals surface area contributed by atoms with Gasteiger partial charge in [0.05, 0.1) is 36.6 Å². The molecule has 0 radical (unpaired) electrons. The van der Waals surface area contributed by atoms with Gasteiger partial charge in [-0.05, 0) is 45.1 Å². The van der Waals surface area contributed by atoms with Crippen molar-refractivity contribution in [3.05, 3.63) is 11.6 Å². The highest BCUT2D eigenvalue weighted by Gasteiger charge is 2.35. The van der Waals surface area contributed by atoms with Crippen LogP contribution in [0.15, 0.2) is 11.6 Å². The topological polar surface area (TPSA) is 116 Å². The molecule has 0 aliphatic carbocycles. The van der Waals surface area contributed by atoms with Gasteiger partial charge in [-0.1, -0.05) is 122 Å². The molecule has 1 fully saturated rings. The molecular weight excluding hydrogens is 556 g/mol. The molecule has 0 aromatic heterocycles. The van der Waals surface area contributed by atoms with Crippen molar-refractivity contribution in [2.24, 2.45) is 0 Å². The largest absolute Gasteiger partial charge is 0.455 e. The lowest BCUT2D eigenvalue weighted by molar-refractivity contribution is -0.139. The Morgan fingerprint density at radius 1 is 0.659 bits per heavy atom. The van der Waals surface area contributed by atoms with Crippen LogP contribution in [0.3, 0.4) is 0 Å². The van der Waals surface area contributed by atoms with Crippen molar-refractivity contribution in [2.75, 3.05) is 0 Å². The fourth-order valence-corrected chi connectivity index (χ4v) is 6.79. The monoisotopic (exact) mass is 624 g/mol. The fourth-order valence-electron chi connectivity index (χ4n) is 6.79. The molecule has 1 saturated heterocycles. The van der Waals surface area contributed by atoms with Gasteiger partial charge in [0.1, 0.15) is 6.10 Å². The molecule has 0 aromatic rings. The SMILES string of the molecule is CCCCCCCCCCCCC(O)C1CCC(C(O)CC(O)CCCCCCCCCCC(O)CC2=CC(C)OC2=O)O1. The number of aliphatic hydroxyl groups excluding tert-OH is 4. The fraction of sp³-hybridized carbons (Fsp3) is 0.919. The lowest BCUT2D eigenvalue weighted by Crippen LogP contribution is -2.33. The van der Waals surface area contributed by atoms with Crippen LogP contribution in [0.5, 0.6) is 0 Å². The maximum atomic E-state index is 11.6. The van der Waals surface area contributed by atoms with Crippen molar-refractivity contribution >= 4 is 5.97 Å². The van der Waals surface area contributed by atoms with E-state index in [1.54, 1.807) is 6.08 Å². The summed E-state index contributed by atoms with van der Waals surface area (Å²) in [5.41, 5.74) is 0.606. The number of carbonyl (C=O) groups is 1. The number of aliphatic hydroxyl groups is 4. The smallest absolute Gasteiger partial charge is 0.334 e. The van der Waals surface area contributed by atoms with Gasteiger partial charge >= 0.3 is 5.97 Å². The molecule has 7 nitrogen and oxygen atoms in total. The van der Waals surface area contributed by atoms with Crippen molar-refractivity contribution in [1.82, 2.24) is 0 Å². The van der Waals surface area contributed by atoms with Gasteiger partial charge in [-0.25, -0.2) is 4.79 Å². The number of hydrogen-bond acceptors (Lipinski definition) is 7. The molecule has 44 heavy (non-hydrogen) atoms. The van der Waals surface area contributed by atoms with E-state index in [0.717, 1.165) is 70.6 Å². The predicted octanol–water partition coefficient (Wildman–Crippen LogP) is 7.84. The van der Waals surface area contributed by atoms with E-state index < -0.39 is 24.4 Å². The minimum absolute atomic E-state index is 0.177. The van der Waals surface area contributed by atoms with Crippen molar-refractivity contribution in [3.8, 4) is 0 Å². The number of cyclic esters (lactones) is 1. The third kappa shape index (κ3) is 17.6. The number of rotatable bonds is 28. The average molecular weight is 625 g/mol. The van der Waals surface area contributed by atoms with Crippen molar-refractivity contribution in [3.63, 3.8) is 0 Å². The van der Waals surface area contributed by atoms with E-state index in [-0.39, 0.29) is 24.3 Å². The van der Waals surface area contributed by atoms with Gasteiger partial charge < -0.3 is 29.9 Å². The summed E-state index contributed by atoms with van der Waals surface area (Å²) in [6.45, 7) is 4.09. The van der Waals surface area contributed by atoms with Gasteiger partial charge in [0.25, 0.3) is 0 Å². The standard InChI is InChI=1S/C37H68O7/c1-3-4-5-6-7-8-9-14-17-20-23-33(40)35-24-25-36(44-35)34(41)28-32(39)22-19-16-13-11-10-12-15-18-21-31(38)27-30-26-29(2)43-37(30)42/h26,29,31-36,38-41H,3-25,27-28H2,1-2H3. The molecule has 2 aliphatic heterocycles. The summed E-state index contributed by atoms with van der Waals surface area (Å²) in [5.74, 6) is -0.290. The van der Waals surface area contributed by atoms with Gasteiger partial charge in [0.15, 0.2) is 0 Å². The molecule has 258 valence electrons. The van der Waals surface area contributed by atoms with Crippen LogP contribution in [0.2, 0.25) is 0 Å². The molecule has 7 unspecified atom stereocenters. The Balaban J connectivity index is 1.39. The van der Waals surface area contributed by atoms with Crippen LogP contribution in [0.1, 0.15) is 174 Å². The molecule has 7 atom stereocenters. The zero-order valence-corrected chi connectivity index (χ0v) is 28.3. The molecule has 2 rings (SSSR count). The minimum Gasteiger partial charge on any atom is -0.455 e. The lowest BCUT2D eigenvalue weighted by Gasteiger charge is -2.23. The highest BCUT2D eigenvalue weighted by molar-refractivity contribution is 5.90. The number of esters is 1. The summed E-state index contributed by atoms with van der Waals surface area (Å²) >= 11 is 0. The number of ether oxygens (including phenoxy) is 2. The first-order valence-corrected chi connectivity index (χ1v) is 18.6. The first-order chi connectivity index (χ1) is 21.3. The van der Waals surface area contributed by atoms with Crippen LogP contribution in [0, 0.1) is 0 Å². The second-order valence-corrected chi connectivity index (χ2v) is 13.9. The zero-order valence-electron chi connectivity index (χ0n) is 28.3. The Kier molecular flexibility index (Phi) is 21.6. The summed E-state index contributed by atoms with van der Waals surface area (Å²) in [6.07, 6.45) is 25.1. The van der Waals surface area contributed by atoms with E-state index in [2.05, 4.69) is 6.92 Å². The van der Waals surface area contributed by atoms with Crippen LogP contribution < -0.4 is 0 Å². The van der Waals surface area contributed by atoms with Gasteiger partial charge in [-0.2, -0.15) is 0 Å². The third-order valence-corrected chi connectivity index (χ3v) is 9.58. The van der Waals surface area contributed by atoms with Crippen LogP contribution in [0.25, 0.3) is 0 Å². The number of carbonyl (C=O) groups excluding carboxylic acids is 1. The molecule has 0 spiro atoms. The number of unbranched alkanes of at least 4 members (excludes halogenated alkanes) is 16. The van der Waals surface area contributed by atoms with Gasteiger partial charge in [-0.3, -0.25) is 0 Å². The summed E-state index contributed by atoms with van der Waals surface area (Å²) in [7, 11) is 0. The van der Waals surface area contributed by atoms with E-state index in [9.17, 15) is 25.2 Å². The molecule has 2 aliphatic rings. The maximum Gasteiger partial charge on any atom is 0.334 e. The molecule has 0 saturated carbocycles. The third-order valence-electron chi connectivity index (χ3n) is 9.58. The van der Waals surface area contributed by atoms with Crippen LogP contribution in [0.4, 0.5) is 0 Å². The highest BCUT2D eigenvalue weighted by Crippen LogP contribution is 2.29. The molecule has 2 heterocycles. The Hall–Kier alpha value is -0.990. The molecular formula is C37H68O7. The first-order valence-electron chi connectivity index (χ1n) is 18.6. The van der Waals surface area contributed by atoms with Gasteiger partial charge in [0, 0.05) is 18.4 Å². The normalized spacial score (nSPS) is 23.0. The Labute approximate surface area is 269 Å². The Morgan fingerprint density at radius 2 is 1.11 bits per heavy atom. The van der Waals surface area contributed by atoms with Crippen molar-refractivity contribution in [1.29, 1.82) is 0 Å². The lowest BCUT2D eigenvalue weighted by atomic mass is 9.98. The summed E-state index contributed by atoms with van der Waals surface area (Å²) in [6, 6.07) is 0. The molecule has 7 heteroatoms. The van der Waals surface area contributed by atoms with Gasteiger partial charge in [-0.15, -0.1) is 0 Å².